The predicted octanol–water partition coefficient (Wildman–Crippen LogP) is 5.86. The summed E-state index contributed by atoms with van der Waals surface area (Å²) in [5, 5.41) is 13.0. The minimum absolute atomic E-state index is 0.292. The molecule has 2 aromatic heterocycles. The van der Waals surface area contributed by atoms with E-state index in [1.165, 1.54) is 0 Å². The molecule has 3 aromatic carbocycles. The molecule has 0 spiro atoms. The molecule has 0 radical (unpaired) electrons. The van der Waals surface area contributed by atoms with E-state index in [-0.39, 0.29) is 0 Å². The van der Waals surface area contributed by atoms with Crippen molar-refractivity contribution in [1.29, 1.82) is 0 Å². The molecule has 174 valence electrons. The van der Waals surface area contributed by atoms with E-state index >= 15 is 0 Å². The van der Waals surface area contributed by atoms with Crippen molar-refractivity contribution < 1.29 is 9.53 Å². The Hall–Kier alpha value is -4.36. The molecule has 0 atom stereocenters. The van der Waals surface area contributed by atoms with Crippen LogP contribution in [0.2, 0.25) is 5.02 Å². The van der Waals surface area contributed by atoms with Gasteiger partial charge in [-0.25, -0.2) is 5.43 Å². The molecule has 0 aliphatic carbocycles. The minimum atomic E-state index is -0.392. The van der Waals surface area contributed by atoms with E-state index in [1.54, 1.807) is 12.3 Å². The zero-order valence-electron chi connectivity index (χ0n) is 18.9. The summed E-state index contributed by atoms with van der Waals surface area (Å²) in [5.41, 5.74) is 8.14. The first-order valence-electron chi connectivity index (χ1n) is 11.0. The van der Waals surface area contributed by atoms with Gasteiger partial charge < -0.3 is 9.72 Å². The average Bonchev–Trinajstić information content (AvgIpc) is 3.49. The highest BCUT2D eigenvalue weighted by Crippen LogP contribution is 2.29. The quantitative estimate of drug-likeness (QED) is 0.200. The van der Waals surface area contributed by atoms with Crippen molar-refractivity contribution in [2.24, 2.45) is 5.10 Å². The number of amides is 1. The number of aryl methyl sites for hydroxylation is 1. The highest BCUT2D eigenvalue weighted by atomic mass is 35.5. The lowest BCUT2D eigenvalue weighted by molar-refractivity contribution is 0.0950. The lowest BCUT2D eigenvalue weighted by atomic mass is 10.1. The van der Waals surface area contributed by atoms with Crippen molar-refractivity contribution in [3.05, 3.63) is 106 Å². The van der Waals surface area contributed by atoms with Crippen LogP contribution in [0.15, 0.2) is 84.0 Å². The van der Waals surface area contributed by atoms with Crippen LogP contribution in [0.4, 0.5) is 0 Å². The van der Waals surface area contributed by atoms with E-state index in [1.807, 2.05) is 79.7 Å². The van der Waals surface area contributed by atoms with E-state index in [4.69, 9.17) is 16.3 Å². The number of nitrogens with one attached hydrogen (secondary N) is 3. The molecule has 3 N–H and O–H groups in total. The van der Waals surface area contributed by atoms with Crippen molar-refractivity contribution in [2.45, 2.75) is 13.5 Å². The summed E-state index contributed by atoms with van der Waals surface area (Å²) in [6, 6.07) is 24.7. The first-order chi connectivity index (χ1) is 17.1. The van der Waals surface area contributed by atoms with Gasteiger partial charge >= 0.3 is 0 Å². The SMILES string of the molecule is Cc1[nH]c2ccccc2c1C=NNC(=O)c1cc(-c2ccccc2OCc2ccc(Cl)cc2)n[nH]1. The molecular formula is C27H22ClN5O2. The second kappa shape index (κ2) is 9.87. The number of carbonyl (C=O) groups is 1. The second-order valence-corrected chi connectivity index (χ2v) is 8.42. The number of rotatable bonds is 7. The van der Waals surface area contributed by atoms with Gasteiger partial charge in [0.25, 0.3) is 5.91 Å². The maximum atomic E-state index is 12.6. The van der Waals surface area contributed by atoms with Gasteiger partial charge in [0.05, 0.1) is 11.9 Å². The molecule has 0 aliphatic rings. The number of halogens is 1. The van der Waals surface area contributed by atoms with Crippen LogP contribution in [0.3, 0.4) is 0 Å². The Labute approximate surface area is 206 Å². The number of H-pyrrole nitrogens is 2. The zero-order valence-corrected chi connectivity index (χ0v) is 19.6. The van der Waals surface area contributed by atoms with Crippen LogP contribution >= 0.6 is 11.6 Å². The number of nitrogens with zero attached hydrogens (tertiary/aromatic N) is 2. The number of aromatic amines is 2. The summed E-state index contributed by atoms with van der Waals surface area (Å²) >= 11 is 5.95. The van der Waals surface area contributed by atoms with Crippen LogP contribution in [0.25, 0.3) is 22.2 Å². The summed E-state index contributed by atoms with van der Waals surface area (Å²) in [6.07, 6.45) is 1.64. The van der Waals surface area contributed by atoms with Crippen LogP contribution in [0, 0.1) is 6.92 Å². The van der Waals surface area contributed by atoms with E-state index in [9.17, 15) is 4.79 Å². The normalized spacial score (nSPS) is 11.3. The third-order valence-electron chi connectivity index (χ3n) is 5.60. The summed E-state index contributed by atoms with van der Waals surface area (Å²) in [6.45, 7) is 2.35. The predicted molar refractivity (Wildman–Crippen MR) is 138 cm³/mol. The van der Waals surface area contributed by atoms with Crippen molar-refractivity contribution in [1.82, 2.24) is 20.6 Å². The number of carbonyl (C=O) groups excluding carboxylic acids is 1. The Balaban J connectivity index is 1.28. The Kier molecular flexibility index (Phi) is 6.32. The molecule has 0 saturated carbocycles. The van der Waals surface area contributed by atoms with Crippen molar-refractivity contribution in [2.75, 3.05) is 0 Å². The summed E-state index contributed by atoms with van der Waals surface area (Å²) < 4.78 is 6.02. The molecule has 5 rings (SSSR count). The number of benzene rings is 3. The fourth-order valence-electron chi connectivity index (χ4n) is 3.80. The van der Waals surface area contributed by atoms with E-state index < -0.39 is 5.91 Å². The van der Waals surface area contributed by atoms with E-state index in [2.05, 4.69) is 25.7 Å². The van der Waals surface area contributed by atoms with Gasteiger partial charge in [-0.2, -0.15) is 10.2 Å². The first kappa shape index (κ1) is 22.4. The van der Waals surface area contributed by atoms with E-state index in [0.29, 0.717) is 28.8 Å². The molecule has 8 heteroatoms. The van der Waals surface area contributed by atoms with Crippen molar-refractivity contribution >= 4 is 34.6 Å². The number of fused-ring (bicyclic) bond motifs is 1. The van der Waals surface area contributed by atoms with Crippen LogP contribution in [0.5, 0.6) is 5.75 Å². The maximum Gasteiger partial charge on any atom is 0.289 e. The number of aromatic nitrogens is 3. The molecule has 0 fully saturated rings. The fraction of sp³-hybridized carbons (Fsp3) is 0.0741. The van der Waals surface area contributed by atoms with Gasteiger partial charge in [-0.3, -0.25) is 9.89 Å². The Morgan fingerprint density at radius 3 is 2.71 bits per heavy atom. The molecule has 7 nitrogen and oxygen atoms in total. The molecule has 1 amide bonds. The first-order valence-corrected chi connectivity index (χ1v) is 11.4. The van der Waals surface area contributed by atoms with Crippen LogP contribution in [-0.4, -0.2) is 27.3 Å². The number of hydrazone groups is 1. The number of hydrogen-bond donors (Lipinski definition) is 3. The summed E-state index contributed by atoms with van der Waals surface area (Å²) in [4.78, 5) is 16.0. The standard InChI is InChI=1S/C27H22ClN5O2/c1-17-22(20-6-2-4-8-23(20)30-17)15-29-33-27(34)25-14-24(31-32-25)21-7-3-5-9-26(21)35-16-18-10-12-19(28)13-11-18/h2-15,30H,16H2,1H3,(H,31,32)(H,33,34). The number of para-hydroxylation sites is 2. The maximum absolute atomic E-state index is 12.6. The summed E-state index contributed by atoms with van der Waals surface area (Å²) in [5.74, 6) is 0.269. The molecule has 35 heavy (non-hydrogen) atoms. The Bertz CT molecular complexity index is 1520. The third kappa shape index (κ3) is 4.95. The molecule has 0 aliphatic heterocycles. The molecule has 2 heterocycles. The molecule has 0 saturated heterocycles. The lowest BCUT2D eigenvalue weighted by Crippen LogP contribution is -2.18. The topological polar surface area (TPSA) is 95.2 Å². The number of ether oxygens (including phenoxy) is 1. The van der Waals surface area contributed by atoms with Crippen LogP contribution in [0.1, 0.15) is 27.3 Å². The van der Waals surface area contributed by atoms with Gasteiger partial charge in [0, 0.05) is 32.7 Å². The lowest BCUT2D eigenvalue weighted by Gasteiger charge is -2.10. The van der Waals surface area contributed by atoms with Crippen LogP contribution < -0.4 is 10.2 Å². The van der Waals surface area contributed by atoms with Crippen molar-refractivity contribution in [3.63, 3.8) is 0 Å². The van der Waals surface area contributed by atoms with Crippen LogP contribution in [-0.2, 0) is 6.61 Å². The highest BCUT2D eigenvalue weighted by Gasteiger charge is 2.14. The molecule has 0 unspecified atom stereocenters. The molecule has 5 aromatic rings. The minimum Gasteiger partial charge on any atom is -0.488 e. The monoisotopic (exact) mass is 483 g/mol. The van der Waals surface area contributed by atoms with Gasteiger partial charge in [-0.05, 0) is 48.9 Å². The van der Waals surface area contributed by atoms with Crippen molar-refractivity contribution in [3.8, 4) is 17.0 Å². The zero-order chi connectivity index (χ0) is 24.2. The second-order valence-electron chi connectivity index (χ2n) is 7.99. The van der Waals surface area contributed by atoms with Gasteiger partial charge in [-0.15, -0.1) is 0 Å². The third-order valence-corrected chi connectivity index (χ3v) is 5.85. The van der Waals surface area contributed by atoms with Gasteiger partial charge in [-0.1, -0.05) is 54.1 Å². The Morgan fingerprint density at radius 2 is 1.86 bits per heavy atom. The van der Waals surface area contributed by atoms with Gasteiger partial charge in [0.15, 0.2) is 0 Å². The molecule has 0 bridgehead atoms. The number of hydrogen-bond acceptors (Lipinski definition) is 4. The highest BCUT2D eigenvalue weighted by molar-refractivity contribution is 6.30. The van der Waals surface area contributed by atoms with E-state index in [0.717, 1.165) is 33.3 Å². The smallest absolute Gasteiger partial charge is 0.289 e. The molecular weight excluding hydrogens is 462 g/mol. The largest absolute Gasteiger partial charge is 0.488 e. The Morgan fingerprint density at radius 1 is 1.09 bits per heavy atom. The fourth-order valence-corrected chi connectivity index (χ4v) is 3.93. The average molecular weight is 484 g/mol. The van der Waals surface area contributed by atoms with Gasteiger partial charge in [0.2, 0.25) is 0 Å². The summed E-state index contributed by atoms with van der Waals surface area (Å²) in [7, 11) is 0. The van der Waals surface area contributed by atoms with Gasteiger partial charge in [0.1, 0.15) is 18.1 Å².